The summed E-state index contributed by atoms with van der Waals surface area (Å²) in [5, 5.41) is 8.36. The number of nitrogens with zero attached hydrogens (tertiary/aromatic N) is 3. The number of guanidine groups is 1. The van der Waals surface area contributed by atoms with Crippen LogP contribution in [0.15, 0.2) is 33.3 Å². The summed E-state index contributed by atoms with van der Waals surface area (Å²) in [4.78, 5) is 22.0. The van der Waals surface area contributed by atoms with Crippen LogP contribution in [-0.4, -0.2) is 52.8 Å². The van der Waals surface area contributed by atoms with E-state index in [1.165, 1.54) is 22.4 Å². The fourth-order valence-electron chi connectivity index (χ4n) is 6.25. The van der Waals surface area contributed by atoms with Crippen LogP contribution in [-0.2, 0) is 17.6 Å². The molecule has 0 bridgehead atoms. The number of piperidine rings is 2. The minimum Gasteiger partial charge on any atom is -0.370 e. The van der Waals surface area contributed by atoms with Gasteiger partial charge in [-0.1, -0.05) is 17.7 Å². The average Bonchev–Trinajstić information content (AvgIpc) is 3.03. The largest absolute Gasteiger partial charge is 0.370 e. The Balaban J connectivity index is 1.30. The van der Waals surface area contributed by atoms with Crippen molar-refractivity contribution in [3.05, 3.63) is 60.7 Å². The quantitative estimate of drug-likeness (QED) is 0.333. The molecule has 1 aliphatic carbocycles. The van der Waals surface area contributed by atoms with Crippen LogP contribution in [0.4, 0.5) is 0 Å². The van der Waals surface area contributed by atoms with E-state index >= 15 is 0 Å². The molecular formula is C27H32Br2ClN5O. The fourth-order valence-corrected chi connectivity index (χ4v) is 7.36. The summed E-state index contributed by atoms with van der Waals surface area (Å²) in [5.41, 5.74) is 10.7. The van der Waals surface area contributed by atoms with Crippen molar-refractivity contribution >= 4 is 55.3 Å². The topological polar surface area (TPSA) is 86.3 Å². The summed E-state index contributed by atoms with van der Waals surface area (Å²) in [6.45, 7) is 3.14. The second-order valence-corrected chi connectivity index (χ2v) is 12.5. The van der Waals surface area contributed by atoms with Crippen molar-refractivity contribution in [1.82, 2.24) is 14.8 Å². The highest BCUT2D eigenvalue weighted by molar-refractivity contribution is 9.10. The minimum absolute atomic E-state index is 0.139. The summed E-state index contributed by atoms with van der Waals surface area (Å²) in [6, 6.07) is 6.40. The summed E-state index contributed by atoms with van der Waals surface area (Å²) in [7, 11) is 0. The smallest absolute Gasteiger partial charge is 0.222 e. The Morgan fingerprint density at radius 3 is 2.47 bits per heavy atom. The van der Waals surface area contributed by atoms with Crippen LogP contribution in [0.5, 0.6) is 0 Å². The number of nitrogens with two attached hydrogens (primary N) is 1. The van der Waals surface area contributed by atoms with Crippen LogP contribution in [0.2, 0.25) is 5.02 Å². The van der Waals surface area contributed by atoms with Gasteiger partial charge in [0.15, 0.2) is 5.96 Å². The lowest BCUT2D eigenvalue weighted by Crippen LogP contribution is -2.44. The van der Waals surface area contributed by atoms with Crippen LogP contribution in [0.1, 0.15) is 60.4 Å². The van der Waals surface area contributed by atoms with Gasteiger partial charge in [-0.2, -0.15) is 0 Å². The number of nitrogens with one attached hydrogen (secondary N) is 1. The molecular weight excluding hydrogens is 606 g/mol. The van der Waals surface area contributed by atoms with E-state index in [4.69, 9.17) is 27.7 Å². The van der Waals surface area contributed by atoms with Crippen molar-refractivity contribution in [2.24, 2.45) is 17.6 Å². The Labute approximate surface area is 234 Å². The molecule has 2 fully saturated rings. The van der Waals surface area contributed by atoms with Crippen molar-refractivity contribution in [2.75, 3.05) is 26.2 Å². The van der Waals surface area contributed by atoms with Crippen LogP contribution in [0.3, 0.4) is 0 Å². The van der Waals surface area contributed by atoms with E-state index in [0.717, 1.165) is 78.7 Å². The summed E-state index contributed by atoms with van der Waals surface area (Å²) in [5.74, 6) is 1.42. The number of halogens is 3. The second-order valence-electron chi connectivity index (χ2n) is 10.3. The maximum Gasteiger partial charge on any atom is 0.222 e. The zero-order valence-corrected chi connectivity index (χ0v) is 24.2. The van der Waals surface area contributed by atoms with Crippen molar-refractivity contribution < 1.29 is 4.79 Å². The predicted molar refractivity (Wildman–Crippen MR) is 150 cm³/mol. The van der Waals surface area contributed by atoms with Gasteiger partial charge in [0, 0.05) is 53.7 Å². The third-order valence-electron chi connectivity index (χ3n) is 8.26. The number of hydrogen-bond acceptors (Lipinski definition) is 3. The van der Waals surface area contributed by atoms with E-state index in [-0.39, 0.29) is 17.8 Å². The zero-order chi connectivity index (χ0) is 25.4. The number of benzene rings is 1. The molecule has 9 heteroatoms. The molecule has 192 valence electrons. The van der Waals surface area contributed by atoms with Gasteiger partial charge in [-0.05, 0) is 111 Å². The molecule has 3 aliphatic rings. The molecule has 1 unspecified atom stereocenters. The Morgan fingerprint density at radius 2 is 1.78 bits per heavy atom. The van der Waals surface area contributed by atoms with E-state index in [1.807, 2.05) is 17.2 Å². The number of aromatic nitrogens is 1. The highest BCUT2D eigenvalue weighted by atomic mass is 79.9. The lowest BCUT2D eigenvalue weighted by atomic mass is 9.76. The Bertz CT molecular complexity index is 1160. The Hall–Kier alpha value is -1.64. The third-order valence-corrected chi connectivity index (χ3v) is 10.1. The first-order valence-electron chi connectivity index (χ1n) is 12.8. The van der Waals surface area contributed by atoms with Gasteiger partial charge >= 0.3 is 0 Å². The normalized spacial score (nSPS) is 21.0. The molecule has 36 heavy (non-hydrogen) atoms. The highest BCUT2D eigenvalue weighted by Gasteiger charge is 2.36. The zero-order valence-electron chi connectivity index (χ0n) is 20.3. The number of aryl methyl sites for hydroxylation is 1. The molecule has 5 rings (SSSR count). The third kappa shape index (κ3) is 5.32. The SMILES string of the molecule is N=C(N)N1CCC(CC(=O)N2CCC(C3c4ccc(Cl)c(Br)c4CCc4cc(Br)cnc43)CC2)CC1. The number of likely N-dealkylation sites (tertiary alicyclic amines) is 2. The number of carbonyl (C=O) groups excluding carboxylic acids is 1. The van der Waals surface area contributed by atoms with Gasteiger partial charge in [-0.25, -0.2) is 0 Å². The molecule has 3 N–H and O–H groups in total. The minimum atomic E-state index is 0.139. The maximum absolute atomic E-state index is 13.1. The van der Waals surface area contributed by atoms with Crippen molar-refractivity contribution in [3.8, 4) is 0 Å². The van der Waals surface area contributed by atoms with Crippen LogP contribution in [0.25, 0.3) is 0 Å². The van der Waals surface area contributed by atoms with E-state index in [0.29, 0.717) is 18.3 Å². The molecule has 1 aromatic carbocycles. The van der Waals surface area contributed by atoms with Gasteiger partial charge in [0.2, 0.25) is 5.91 Å². The first kappa shape index (κ1) is 26.0. The number of amides is 1. The number of rotatable bonds is 3. The van der Waals surface area contributed by atoms with Gasteiger partial charge in [-0.3, -0.25) is 15.2 Å². The number of carbonyl (C=O) groups is 1. The molecule has 2 aromatic rings. The predicted octanol–water partition coefficient (Wildman–Crippen LogP) is 5.72. The van der Waals surface area contributed by atoms with Gasteiger partial charge in [0.1, 0.15) is 0 Å². The lowest BCUT2D eigenvalue weighted by molar-refractivity contribution is -0.134. The number of pyridine rings is 1. The molecule has 1 aromatic heterocycles. The van der Waals surface area contributed by atoms with Crippen LogP contribution >= 0.6 is 43.5 Å². The molecule has 0 spiro atoms. The second kappa shape index (κ2) is 11.0. The van der Waals surface area contributed by atoms with E-state index in [9.17, 15) is 4.79 Å². The molecule has 1 atom stereocenters. The highest BCUT2D eigenvalue weighted by Crippen LogP contribution is 2.45. The summed E-state index contributed by atoms with van der Waals surface area (Å²) >= 11 is 13.9. The van der Waals surface area contributed by atoms with E-state index in [1.54, 1.807) is 0 Å². The van der Waals surface area contributed by atoms with Gasteiger partial charge in [0.05, 0.1) is 10.7 Å². The molecule has 2 aliphatic heterocycles. The van der Waals surface area contributed by atoms with Gasteiger partial charge < -0.3 is 15.5 Å². The first-order chi connectivity index (χ1) is 17.3. The lowest BCUT2D eigenvalue weighted by Gasteiger charge is -2.38. The Kier molecular flexibility index (Phi) is 7.94. The first-order valence-corrected chi connectivity index (χ1v) is 14.8. The monoisotopic (exact) mass is 635 g/mol. The molecule has 0 saturated carbocycles. The molecule has 1 amide bonds. The molecule has 0 radical (unpaired) electrons. The standard InChI is InChI=1S/C27H32Br2ClN5O/c28-19-14-18-1-2-21-20(3-4-22(30)25(21)29)24(26(18)33-15-19)17-7-11-34(12-8-17)23(36)13-16-5-9-35(10-6-16)27(31)32/h3-4,14-17,24H,1-2,5-13H2,(H3,31,32). The van der Waals surface area contributed by atoms with E-state index in [2.05, 4.69) is 48.9 Å². The van der Waals surface area contributed by atoms with Crippen molar-refractivity contribution in [2.45, 2.75) is 50.9 Å². The molecule has 2 saturated heterocycles. The summed E-state index contributed by atoms with van der Waals surface area (Å²) < 4.78 is 2.01. The van der Waals surface area contributed by atoms with Crippen molar-refractivity contribution in [3.63, 3.8) is 0 Å². The molecule has 3 heterocycles. The van der Waals surface area contributed by atoms with E-state index < -0.39 is 0 Å². The average molecular weight is 638 g/mol. The van der Waals surface area contributed by atoms with Crippen LogP contribution < -0.4 is 5.73 Å². The van der Waals surface area contributed by atoms with Crippen LogP contribution in [0, 0.1) is 17.2 Å². The molecule has 6 nitrogen and oxygen atoms in total. The number of hydrogen-bond donors (Lipinski definition) is 2. The Morgan fingerprint density at radius 1 is 1.08 bits per heavy atom. The number of fused-ring (bicyclic) bond motifs is 2. The fraction of sp³-hybridized carbons (Fsp3) is 0.519. The van der Waals surface area contributed by atoms with Crippen molar-refractivity contribution in [1.29, 1.82) is 5.41 Å². The summed E-state index contributed by atoms with van der Waals surface area (Å²) in [6.07, 6.45) is 8.17. The maximum atomic E-state index is 13.1. The van der Waals surface area contributed by atoms with Gasteiger partial charge in [-0.15, -0.1) is 0 Å². The van der Waals surface area contributed by atoms with Gasteiger partial charge in [0.25, 0.3) is 0 Å².